The van der Waals surface area contributed by atoms with Crippen molar-refractivity contribution in [2.75, 3.05) is 0 Å². The number of nitrogens with one attached hydrogen (secondary N) is 1. The quantitative estimate of drug-likeness (QED) is 0.316. The predicted octanol–water partition coefficient (Wildman–Crippen LogP) is 1.09. The summed E-state index contributed by atoms with van der Waals surface area (Å²) in [4.78, 5) is 23.9. The van der Waals surface area contributed by atoms with Crippen LogP contribution in [0.4, 0.5) is 17.1 Å². The smallest absolute Gasteiger partial charge is 0.393 e. The average molecular weight is 239 g/mol. The number of benzene rings is 1. The molecule has 0 aliphatic carbocycles. The molecule has 0 aliphatic heterocycles. The van der Waals surface area contributed by atoms with Crippen molar-refractivity contribution in [3.63, 3.8) is 0 Å². The molecular weight excluding hydrogens is 226 g/mol. The van der Waals surface area contributed by atoms with Crippen LogP contribution in [0.2, 0.25) is 0 Å². The summed E-state index contributed by atoms with van der Waals surface area (Å²) in [6.07, 6.45) is 2.23. The fourth-order valence-corrected chi connectivity index (χ4v) is 1.35. The fourth-order valence-electron chi connectivity index (χ4n) is 1.35. The molecule has 90 valence electrons. The first-order valence-corrected chi connectivity index (χ1v) is 4.97. The summed E-state index contributed by atoms with van der Waals surface area (Å²) >= 11 is 0. The van der Waals surface area contributed by atoms with Gasteiger partial charge in [0.1, 0.15) is 12.0 Å². The van der Waals surface area contributed by atoms with Crippen molar-refractivity contribution in [1.82, 2.24) is 0 Å². The van der Waals surface area contributed by atoms with E-state index in [-0.39, 0.29) is 28.4 Å². The zero-order chi connectivity index (χ0) is 13.0. The molecule has 0 spiro atoms. The normalized spacial score (nSPS) is 10.7. The summed E-state index contributed by atoms with van der Waals surface area (Å²) in [5.41, 5.74) is -0.0840. The second-order valence-electron chi connectivity index (χ2n) is 3.38. The number of phenols is 1. The van der Waals surface area contributed by atoms with Crippen LogP contribution in [0.3, 0.4) is 0 Å². The highest BCUT2D eigenvalue weighted by Gasteiger charge is 2.31. The van der Waals surface area contributed by atoms with Gasteiger partial charge in [-0.2, -0.15) is 0 Å². The van der Waals surface area contributed by atoms with E-state index < -0.39 is 4.92 Å². The molecule has 0 aliphatic rings. The molecule has 0 radical (unpaired) electrons. The Morgan fingerprint density at radius 3 is 2.71 bits per heavy atom. The second-order valence-corrected chi connectivity index (χ2v) is 3.38. The standard InChI is InChI=1S/C10H11N3O4/c1-3-4-11-10-7(13(16)17)5-8(14)6(2)9(10)12-15/h4-5H,3H2,1-2H3,(H-,14,16,17)/p+2. The molecule has 0 aromatic heterocycles. The highest BCUT2D eigenvalue weighted by molar-refractivity contribution is 5.75. The lowest BCUT2D eigenvalue weighted by molar-refractivity contribution is -0.731. The molecule has 0 bridgehead atoms. The first kappa shape index (κ1) is 12.8. The summed E-state index contributed by atoms with van der Waals surface area (Å²) in [6.45, 7) is 3.33. The Balaban J connectivity index is 3.60. The zero-order valence-electron chi connectivity index (χ0n) is 9.47. The van der Waals surface area contributed by atoms with E-state index in [4.69, 9.17) is 5.21 Å². The molecule has 0 atom stereocenters. The van der Waals surface area contributed by atoms with Crippen LogP contribution in [0.5, 0.6) is 5.75 Å². The van der Waals surface area contributed by atoms with Crippen molar-refractivity contribution in [3.8, 4) is 5.75 Å². The highest BCUT2D eigenvalue weighted by atomic mass is 16.6. The molecule has 1 rings (SSSR count). The van der Waals surface area contributed by atoms with E-state index in [9.17, 15) is 14.9 Å². The van der Waals surface area contributed by atoms with E-state index in [2.05, 4.69) is 10.2 Å². The van der Waals surface area contributed by atoms with Crippen molar-refractivity contribution in [1.29, 1.82) is 0 Å². The Bertz CT molecular complexity index is 497. The van der Waals surface area contributed by atoms with Gasteiger partial charge in [-0.1, -0.05) is 6.92 Å². The first-order valence-electron chi connectivity index (χ1n) is 4.97. The third-order valence-corrected chi connectivity index (χ3v) is 2.25. The summed E-state index contributed by atoms with van der Waals surface area (Å²) in [5, 5.41) is 21.2. The van der Waals surface area contributed by atoms with Gasteiger partial charge in [0.05, 0.1) is 11.0 Å². The van der Waals surface area contributed by atoms with Gasteiger partial charge < -0.3 is 5.11 Å². The number of rotatable bonds is 4. The number of phenolic OH excluding ortho intramolecular Hbond substituents is 1. The van der Waals surface area contributed by atoms with Gasteiger partial charge in [0.15, 0.2) is 5.69 Å². The molecule has 0 unspecified atom stereocenters. The topological polar surface area (TPSA) is 104 Å². The van der Waals surface area contributed by atoms with Crippen LogP contribution in [0.15, 0.2) is 11.2 Å². The van der Waals surface area contributed by atoms with Gasteiger partial charge in [-0.05, 0) is 12.1 Å². The minimum atomic E-state index is -0.431. The van der Waals surface area contributed by atoms with E-state index in [1.165, 1.54) is 6.92 Å². The maximum absolute atomic E-state index is 10.9. The van der Waals surface area contributed by atoms with Crippen LogP contribution in [0, 0.1) is 16.7 Å². The molecule has 7 nitrogen and oxygen atoms in total. The number of hydrogen-bond acceptors (Lipinski definition) is 4. The van der Waals surface area contributed by atoms with Crippen molar-refractivity contribution < 1.29 is 20.2 Å². The predicted molar refractivity (Wildman–Crippen MR) is 60.4 cm³/mol. The van der Waals surface area contributed by atoms with Crippen LogP contribution < -0.4 is 4.99 Å². The summed E-state index contributed by atoms with van der Waals surface area (Å²) in [7, 11) is 0. The van der Waals surface area contributed by atoms with E-state index in [1.807, 2.05) is 6.92 Å². The lowest BCUT2D eigenvalue weighted by Gasteiger charge is -1.99. The van der Waals surface area contributed by atoms with Gasteiger partial charge in [-0.15, -0.1) is 4.91 Å². The number of hydrogen-bond donors (Lipinski definition) is 3. The van der Waals surface area contributed by atoms with Crippen molar-refractivity contribution in [2.45, 2.75) is 20.3 Å². The molecular formula is C10H13N3O4+2. The third-order valence-electron chi connectivity index (χ3n) is 2.25. The molecule has 1 aromatic rings. The SMILES string of the molecule is CCC=[NH+]c1c([N+](=O)O)cc(O)c(C)c1N=O. The van der Waals surface area contributed by atoms with Gasteiger partial charge in [0.25, 0.3) is 4.92 Å². The molecule has 0 saturated carbocycles. The lowest BCUT2D eigenvalue weighted by Crippen LogP contribution is -2.61. The van der Waals surface area contributed by atoms with Gasteiger partial charge in [-0.3, -0.25) is 0 Å². The number of aromatic hydroxyl groups is 1. The van der Waals surface area contributed by atoms with Crippen LogP contribution in [0.1, 0.15) is 18.9 Å². The molecule has 1 aromatic carbocycles. The minimum Gasteiger partial charge on any atom is -0.507 e. The Morgan fingerprint density at radius 1 is 1.59 bits per heavy atom. The van der Waals surface area contributed by atoms with E-state index in [1.54, 1.807) is 6.21 Å². The summed E-state index contributed by atoms with van der Waals surface area (Å²) in [6, 6.07) is 1.06. The lowest BCUT2D eigenvalue weighted by atomic mass is 10.1. The largest absolute Gasteiger partial charge is 0.507 e. The third kappa shape index (κ3) is 2.44. The molecule has 3 N–H and O–H groups in total. The Hall–Kier alpha value is -2.31. The van der Waals surface area contributed by atoms with Gasteiger partial charge in [-0.25, -0.2) is 10.2 Å². The van der Waals surface area contributed by atoms with Crippen LogP contribution in [0.25, 0.3) is 0 Å². The molecule has 0 heterocycles. The molecule has 7 heteroatoms. The monoisotopic (exact) mass is 239 g/mol. The van der Waals surface area contributed by atoms with Crippen molar-refractivity contribution in [2.24, 2.45) is 5.18 Å². The van der Waals surface area contributed by atoms with Gasteiger partial charge in [0, 0.05) is 12.0 Å². The summed E-state index contributed by atoms with van der Waals surface area (Å²) < 4.78 is 0. The van der Waals surface area contributed by atoms with Crippen LogP contribution in [-0.4, -0.2) is 21.5 Å². The van der Waals surface area contributed by atoms with Crippen LogP contribution in [-0.2, 0) is 0 Å². The molecule has 0 saturated heterocycles. The average Bonchev–Trinajstić information content (AvgIpc) is 2.29. The van der Waals surface area contributed by atoms with Gasteiger partial charge in [0.2, 0.25) is 0 Å². The van der Waals surface area contributed by atoms with Crippen molar-refractivity contribution >= 4 is 23.3 Å². The fraction of sp³-hybridized carbons (Fsp3) is 0.300. The van der Waals surface area contributed by atoms with Crippen LogP contribution >= 0.6 is 0 Å². The van der Waals surface area contributed by atoms with E-state index in [0.717, 1.165) is 6.07 Å². The minimum absolute atomic E-state index is 0.0645. The van der Waals surface area contributed by atoms with E-state index >= 15 is 0 Å². The second kappa shape index (κ2) is 5.15. The molecule has 17 heavy (non-hydrogen) atoms. The maximum Gasteiger partial charge on any atom is 0.393 e. The Labute approximate surface area is 96.9 Å². The zero-order valence-corrected chi connectivity index (χ0v) is 9.47. The number of nitrogens with zero attached hydrogens (tertiary/aromatic N) is 2. The van der Waals surface area contributed by atoms with E-state index in [0.29, 0.717) is 6.42 Å². The Morgan fingerprint density at radius 2 is 2.24 bits per heavy atom. The Kier molecular flexibility index (Phi) is 3.86. The maximum atomic E-state index is 10.9. The van der Waals surface area contributed by atoms with Gasteiger partial charge >= 0.3 is 11.4 Å². The summed E-state index contributed by atoms with van der Waals surface area (Å²) in [5.74, 6) is -0.286. The first-order chi connectivity index (χ1) is 8.02. The highest BCUT2D eigenvalue weighted by Crippen LogP contribution is 2.38. The van der Waals surface area contributed by atoms with Crippen molar-refractivity contribution in [3.05, 3.63) is 21.4 Å². The number of nitroso groups, excluding NO2 is 1. The molecule has 0 amide bonds. The molecule has 0 fully saturated rings.